The summed E-state index contributed by atoms with van der Waals surface area (Å²) in [5.74, 6) is 2.29. The number of halogens is 1. The first kappa shape index (κ1) is 18.8. The van der Waals surface area contributed by atoms with Crippen molar-refractivity contribution < 1.29 is 13.7 Å². The summed E-state index contributed by atoms with van der Waals surface area (Å²) in [5, 5.41) is 4.26. The average molecular weight is 397 g/mol. The molecule has 0 bridgehead atoms. The SMILES string of the molecule is CCCC(=O)N1C[C@@H]2CN(Cc3cc(C4CC4)on3)C[C@@H]2[C@H]1c1cccc(F)c1. The van der Waals surface area contributed by atoms with Crippen molar-refractivity contribution in [2.75, 3.05) is 19.6 Å². The Morgan fingerprint density at radius 1 is 1.24 bits per heavy atom. The Balaban J connectivity index is 1.34. The van der Waals surface area contributed by atoms with Crippen LogP contribution in [0.1, 0.15) is 61.6 Å². The average Bonchev–Trinajstić information content (AvgIpc) is 3.15. The van der Waals surface area contributed by atoms with E-state index < -0.39 is 0 Å². The van der Waals surface area contributed by atoms with E-state index in [4.69, 9.17) is 4.52 Å². The molecule has 1 saturated carbocycles. The van der Waals surface area contributed by atoms with E-state index in [2.05, 4.69) is 16.1 Å². The normalized spacial score (nSPS) is 26.8. The van der Waals surface area contributed by atoms with E-state index in [9.17, 15) is 9.18 Å². The van der Waals surface area contributed by atoms with Gasteiger partial charge in [0.05, 0.1) is 11.7 Å². The lowest BCUT2D eigenvalue weighted by atomic mass is 9.89. The van der Waals surface area contributed by atoms with Crippen LogP contribution in [0.25, 0.3) is 0 Å². The number of carbonyl (C=O) groups excluding carboxylic acids is 1. The van der Waals surface area contributed by atoms with Crippen molar-refractivity contribution in [3.05, 3.63) is 53.2 Å². The number of aromatic nitrogens is 1. The van der Waals surface area contributed by atoms with Gasteiger partial charge in [-0.3, -0.25) is 9.69 Å². The quantitative estimate of drug-likeness (QED) is 0.736. The van der Waals surface area contributed by atoms with E-state index >= 15 is 0 Å². The summed E-state index contributed by atoms with van der Waals surface area (Å²) in [6, 6.07) is 8.84. The lowest BCUT2D eigenvalue weighted by Crippen LogP contribution is -2.35. The highest BCUT2D eigenvalue weighted by atomic mass is 19.1. The van der Waals surface area contributed by atoms with Crippen LogP contribution in [0.4, 0.5) is 4.39 Å². The van der Waals surface area contributed by atoms with Crippen molar-refractivity contribution >= 4 is 5.91 Å². The van der Waals surface area contributed by atoms with Crippen LogP contribution in [0.3, 0.4) is 0 Å². The molecule has 6 heteroatoms. The predicted molar refractivity (Wildman–Crippen MR) is 106 cm³/mol. The minimum Gasteiger partial charge on any atom is -0.361 e. The standard InChI is InChI=1S/C23H28FN3O2/c1-2-4-22(28)27-12-17-11-26(13-19-10-21(29-25-19)15-7-8-15)14-20(17)23(27)16-5-3-6-18(24)9-16/h3,5-6,9-10,15,17,20,23H,2,4,7-8,11-14H2,1H3/t17-,20-,23+/m0/s1. The number of benzene rings is 1. The fourth-order valence-electron chi connectivity index (χ4n) is 5.19. The van der Waals surface area contributed by atoms with E-state index in [0.717, 1.165) is 49.6 Å². The Morgan fingerprint density at radius 3 is 2.86 bits per heavy atom. The number of fused-ring (bicyclic) bond motifs is 1. The lowest BCUT2D eigenvalue weighted by molar-refractivity contribution is -0.132. The Kier molecular flexibility index (Phi) is 4.90. The summed E-state index contributed by atoms with van der Waals surface area (Å²) in [6.07, 6.45) is 3.80. The Labute approximate surface area is 170 Å². The van der Waals surface area contributed by atoms with Gasteiger partial charge in [-0.15, -0.1) is 0 Å². The molecule has 3 aliphatic rings. The van der Waals surface area contributed by atoms with Crippen LogP contribution in [-0.2, 0) is 11.3 Å². The van der Waals surface area contributed by atoms with Crippen LogP contribution in [0.5, 0.6) is 0 Å². The van der Waals surface area contributed by atoms with Crippen LogP contribution < -0.4 is 0 Å². The molecule has 1 amide bonds. The molecule has 5 nitrogen and oxygen atoms in total. The first-order chi connectivity index (χ1) is 14.1. The highest BCUT2D eigenvalue weighted by molar-refractivity contribution is 5.77. The Hall–Kier alpha value is -2.21. The lowest BCUT2D eigenvalue weighted by Gasteiger charge is -2.30. The molecule has 1 aromatic carbocycles. The molecule has 3 heterocycles. The van der Waals surface area contributed by atoms with Gasteiger partial charge in [0.25, 0.3) is 0 Å². The minimum absolute atomic E-state index is 0.0425. The molecule has 0 N–H and O–H groups in total. The second-order valence-corrected chi connectivity index (χ2v) is 8.91. The summed E-state index contributed by atoms with van der Waals surface area (Å²) in [7, 11) is 0. The van der Waals surface area contributed by atoms with E-state index in [-0.39, 0.29) is 17.8 Å². The molecule has 0 radical (unpaired) electrons. The number of hydrogen-bond acceptors (Lipinski definition) is 4. The van der Waals surface area contributed by atoms with Crippen LogP contribution in [0.15, 0.2) is 34.9 Å². The number of rotatable bonds is 6. The van der Waals surface area contributed by atoms with Gasteiger partial charge < -0.3 is 9.42 Å². The maximum Gasteiger partial charge on any atom is 0.223 e. The smallest absolute Gasteiger partial charge is 0.223 e. The monoisotopic (exact) mass is 397 g/mol. The zero-order valence-corrected chi connectivity index (χ0v) is 16.9. The third-order valence-corrected chi connectivity index (χ3v) is 6.66. The van der Waals surface area contributed by atoms with Gasteiger partial charge in [0.1, 0.15) is 11.6 Å². The number of carbonyl (C=O) groups is 1. The second-order valence-electron chi connectivity index (χ2n) is 8.91. The first-order valence-electron chi connectivity index (χ1n) is 10.8. The predicted octanol–water partition coefficient (Wildman–Crippen LogP) is 4.12. The largest absolute Gasteiger partial charge is 0.361 e. The summed E-state index contributed by atoms with van der Waals surface area (Å²) in [6.45, 7) is 5.40. The highest BCUT2D eigenvalue weighted by Gasteiger charge is 2.48. The Morgan fingerprint density at radius 2 is 2.10 bits per heavy atom. The molecule has 154 valence electrons. The molecule has 1 aliphatic carbocycles. The molecule has 3 fully saturated rings. The summed E-state index contributed by atoms with van der Waals surface area (Å²) >= 11 is 0. The molecule has 3 atom stereocenters. The molecule has 1 aromatic heterocycles. The first-order valence-corrected chi connectivity index (χ1v) is 10.8. The number of amides is 1. The van der Waals surface area contributed by atoms with Crippen molar-refractivity contribution in [2.24, 2.45) is 11.8 Å². The van der Waals surface area contributed by atoms with Gasteiger partial charge >= 0.3 is 0 Å². The minimum atomic E-state index is -0.237. The third-order valence-electron chi connectivity index (χ3n) is 6.66. The summed E-state index contributed by atoms with van der Waals surface area (Å²) in [4.78, 5) is 17.2. The van der Waals surface area contributed by atoms with Gasteiger partial charge in [0, 0.05) is 50.5 Å². The van der Waals surface area contributed by atoms with Crippen LogP contribution >= 0.6 is 0 Å². The molecule has 2 aromatic rings. The molecule has 0 spiro atoms. The number of hydrogen-bond donors (Lipinski definition) is 0. The third kappa shape index (κ3) is 3.70. The number of likely N-dealkylation sites (tertiary alicyclic amines) is 2. The van der Waals surface area contributed by atoms with Gasteiger partial charge in [-0.05, 0) is 42.9 Å². The van der Waals surface area contributed by atoms with Crippen molar-refractivity contribution in [3.8, 4) is 0 Å². The molecular formula is C23H28FN3O2. The van der Waals surface area contributed by atoms with Gasteiger partial charge in [0.15, 0.2) is 0 Å². The van der Waals surface area contributed by atoms with Crippen molar-refractivity contribution in [1.29, 1.82) is 0 Å². The maximum atomic E-state index is 13.9. The van der Waals surface area contributed by atoms with Crippen molar-refractivity contribution in [1.82, 2.24) is 15.0 Å². The molecule has 0 unspecified atom stereocenters. The molecule has 2 saturated heterocycles. The molecular weight excluding hydrogens is 369 g/mol. The zero-order valence-electron chi connectivity index (χ0n) is 16.9. The van der Waals surface area contributed by atoms with E-state index in [1.54, 1.807) is 12.1 Å². The van der Waals surface area contributed by atoms with Gasteiger partial charge in [-0.1, -0.05) is 24.2 Å². The van der Waals surface area contributed by atoms with Crippen molar-refractivity contribution in [3.63, 3.8) is 0 Å². The fourth-order valence-corrected chi connectivity index (χ4v) is 5.19. The van der Waals surface area contributed by atoms with Gasteiger partial charge in [-0.25, -0.2) is 4.39 Å². The molecule has 29 heavy (non-hydrogen) atoms. The fraction of sp³-hybridized carbons (Fsp3) is 0.565. The summed E-state index contributed by atoms with van der Waals surface area (Å²) in [5.41, 5.74) is 1.91. The van der Waals surface area contributed by atoms with Crippen LogP contribution in [-0.4, -0.2) is 40.5 Å². The molecule has 2 aliphatic heterocycles. The van der Waals surface area contributed by atoms with Gasteiger partial charge in [0.2, 0.25) is 5.91 Å². The highest BCUT2D eigenvalue weighted by Crippen LogP contribution is 2.46. The second kappa shape index (κ2) is 7.56. The Bertz CT molecular complexity index is 894. The molecule has 5 rings (SSSR count). The van der Waals surface area contributed by atoms with E-state index in [1.807, 2.05) is 17.9 Å². The number of nitrogens with zero attached hydrogens (tertiary/aromatic N) is 3. The zero-order chi connectivity index (χ0) is 20.0. The van der Waals surface area contributed by atoms with E-state index in [0.29, 0.717) is 24.2 Å². The van der Waals surface area contributed by atoms with Crippen LogP contribution in [0, 0.1) is 17.7 Å². The van der Waals surface area contributed by atoms with Gasteiger partial charge in [-0.2, -0.15) is 0 Å². The van der Waals surface area contributed by atoms with Crippen molar-refractivity contribution in [2.45, 2.75) is 51.1 Å². The topological polar surface area (TPSA) is 49.6 Å². The summed E-state index contributed by atoms with van der Waals surface area (Å²) < 4.78 is 19.4. The maximum absolute atomic E-state index is 13.9. The van der Waals surface area contributed by atoms with Crippen LogP contribution in [0.2, 0.25) is 0 Å². The van der Waals surface area contributed by atoms with E-state index in [1.165, 1.54) is 18.9 Å².